The molecule has 0 unspecified atom stereocenters. The molecule has 0 saturated heterocycles. The summed E-state index contributed by atoms with van der Waals surface area (Å²) in [7, 11) is 0. The maximum atomic E-state index is 13.2. The lowest BCUT2D eigenvalue weighted by Crippen LogP contribution is -2.42. The van der Waals surface area contributed by atoms with E-state index in [9.17, 15) is 4.79 Å². The van der Waals surface area contributed by atoms with Crippen molar-refractivity contribution in [3.05, 3.63) is 47.7 Å². The highest BCUT2D eigenvalue weighted by molar-refractivity contribution is 6.07. The van der Waals surface area contributed by atoms with E-state index in [-0.39, 0.29) is 18.7 Å². The van der Waals surface area contributed by atoms with Gasteiger partial charge < -0.3 is 23.4 Å². The molecule has 0 bridgehead atoms. The Hall–Kier alpha value is -3.15. The Morgan fingerprint density at radius 2 is 1.80 bits per heavy atom. The summed E-state index contributed by atoms with van der Waals surface area (Å²) in [4.78, 5) is 13.2. The standard InChI is InChI=1S/C19H12O6/c20-19-11-3-9-1-2-21-12(9)5-14(11)25-17-7-22-13-6-16-15(23-8-24-16)4-10(13)18(17)19/h1-6,17-18H,7-8H2/t17-,18+/m0/s1. The summed E-state index contributed by atoms with van der Waals surface area (Å²) in [5, 5.41) is 0.882. The molecule has 0 amide bonds. The van der Waals surface area contributed by atoms with Gasteiger partial charge in [0.15, 0.2) is 17.3 Å². The number of rotatable bonds is 0. The van der Waals surface area contributed by atoms with Crippen LogP contribution in [-0.2, 0) is 0 Å². The number of ketones is 1. The summed E-state index contributed by atoms with van der Waals surface area (Å²) in [5.41, 5.74) is 2.05. The second kappa shape index (κ2) is 4.47. The Morgan fingerprint density at radius 1 is 0.920 bits per heavy atom. The minimum atomic E-state index is -0.421. The fourth-order valence-corrected chi connectivity index (χ4v) is 3.80. The maximum Gasteiger partial charge on any atom is 0.231 e. The van der Waals surface area contributed by atoms with Crippen LogP contribution >= 0.6 is 0 Å². The van der Waals surface area contributed by atoms with Crippen LogP contribution in [0.15, 0.2) is 41.0 Å². The first kappa shape index (κ1) is 13.2. The molecule has 0 N–H and O–H groups in total. The van der Waals surface area contributed by atoms with Crippen molar-refractivity contribution in [2.45, 2.75) is 12.0 Å². The zero-order valence-corrected chi connectivity index (χ0v) is 13.0. The van der Waals surface area contributed by atoms with Crippen molar-refractivity contribution in [3.63, 3.8) is 0 Å². The minimum absolute atomic E-state index is 0.0257. The van der Waals surface area contributed by atoms with E-state index in [1.807, 2.05) is 18.2 Å². The molecule has 2 aromatic carbocycles. The highest BCUT2D eigenvalue weighted by atomic mass is 16.7. The lowest BCUT2D eigenvalue weighted by atomic mass is 9.82. The van der Waals surface area contributed by atoms with Crippen molar-refractivity contribution < 1.29 is 28.2 Å². The zero-order valence-electron chi connectivity index (χ0n) is 13.0. The van der Waals surface area contributed by atoms with E-state index in [1.165, 1.54) is 0 Å². The van der Waals surface area contributed by atoms with Gasteiger partial charge in [-0.3, -0.25) is 4.79 Å². The normalized spacial score (nSPS) is 22.6. The summed E-state index contributed by atoms with van der Waals surface area (Å²) in [6, 6.07) is 9.06. The van der Waals surface area contributed by atoms with Crippen molar-refractivity contribution in [1.29, 1.82) is 0 Å². The van der Waals surface area contributed by atoms with Gasteiger partial charge in [0, 0.05) is 23.1 Å². The Bertz CT molecular complexity index is 1050. The molecule has 1 aromatic heterocycles. The summed E-state index contributed by atoms with van der Waals surface area (Å²) in [6.07, 6.45) is 1.23. The first-order chi connectivity index (χ1) is 12.3. The smallest absolute Gasteiger partial charge is 0.231 e. The van der Waals surface area contributed by atoms with Crippen molar-refractivity contribution in [2.75, 3.05) is 13.4 Å². The molecule has 3 aliphatic rings. The van der Waals surface area contributed by atoms with Gasteiger partial charge in [-0.15, -0.1) is 0 Å². The molecule has 4 heterocycles. The van der Waals surface area contributed by atoms with E-state index in [4.69, 9.17) is 23.4 Å². The summed E-state index contributed by atoms with van der Waals surface area (Å²) >= 11 is 0. The van der Waals surface area contributed by atoms with Gasteiger partial charge >= 0.3 is 0 Å². The van der Waals surface area contributed by atoms with Crippen LogP contribution in [0.2, 0.25) is 0 Å². The Labute approximate surface area is 141 Å². The Balaban J connectivity index is 1.52. The summed E-state index contributed by atoms with van der Waals surface area (Å²) < 4.78 is 28.2. The molecule has 0 radical (unpaired) electrons. The molecule has 3 aliphatic heterocycles. The van der Waals surface area contributed by atoms with Gasteiger partial charge in [-0.25, -0.2) is 0 Å². The largest absolute Gasteiger partial charge is 0.489 e. The van der Waals surface area contributed by atoms with E-state index in [0.717, 1.165) is 10.9 Å². The van der Waals surface area contributed by atoms with Crippen molar-refractivity contribution in [3.8, 4) is 23.0 Å². The number of carbonyl (C=O) groups excluding carboxylic acids is 1. The summed E-state index contributed by atoms with van der Waals surface area (Å²) in [5.74, 6) is 2.07. The molecule has 2 atom stereocenters. The van der Waals surface area contributed by atoms with Gasteiger partial charge in [-0.05, 0) is 18.2 Å². The van der Waals surface area contributed by atoms with Gasteiger partial charge in [-0.2, -0.15) is 0 Å². The van der Waals surface area contributed by atoms with E-state index >= 15 is 0 Å². The van der Waals surface area contributed by atoms with Crippen LogP contribution in [0.1, 0.15) is 21.8 Å². The average molecular weight is 336 g/mol. The molecule has 0 saturated carbocycles. The fraction of sp³-hybridized carbons (Fsp3) is 0.211. The van der Waals surface area contributed by atoms with Crippen LogP contribution in [0.5, 0.6) is 23.0 Å². The lowest BCUT2D eigenvalue weighted by molar-refractivity contribution is 0.0561. The molecule has 6 heteroatoms. The molecular formula is C19H12O6. The van der Waals surface area contributed by atoms with Crippen molar-refractivity contribution in [2.24, 2.45) is 0 Å². The van der Waals surface area contributed by atoms with Crippen molar-refractivity contribution in [1.82, 2.24) is 0 Å². The van der Waals surface area contributed by atoms with Crippen LogP contribution in [0, 0.1) is 0 Å². The number of furan rings is 1. The van der Waals surface area contributed by atoms with Gasteiger partial charge in [0.2, 0.25) is 6.79 Å². The number of carbonyl (C=O) groups is 1. The third-order valence-corrected chi connectivity index (χ3v) is 5.00. The molecule has 124 valence electrons. The van der Waals surface area contributed by atoms with Crippen LogP contribution in [0.3, 0.4) is 0 Å². The number of hydrogen-bond acceptors (Lipinski definition) is 6. The van der Waals surface area contributed by atoms with Gasteiger partial charge in [0.05, 0.1) is 17.7 Å². The monoisotopic (exact) mass is 336 g/mol. The second-order valence-corrected chi connectivity index (χ2v) is 6.36. The topological polar surface area (TPSA) is 67.1 Å². The van der Waals surface area contributed by atoms with E-state index in [1.54, 1.807) is 18.4 Å². The van der Waals surface area contributed by atoms with Crippen LogP contribution in [0.4, 0.5) is 0 Å². The molecule has 3 aromatic rings. The van der Waals surface area contributed by atoms with Crippen molar-refractivity contribution >= 4 is 16.8 Å². The highest BCUT2D eigenvalue weighted by Gasteiger charge is 2.44. The Kier molecular flexibility index (Phi) is 2.36. The molecule has 0 aliphatic carbocycles. The number of ether oxygens (including phenoxy) is 4. The number of fused-ring (bicyclic) bond motifs is 6. The summed E-state index contributed by atoms with van der Waals surface area (Å²) in [6.45, 7) is 0.483. The first-order valence-corrected chi connectivity index (χ1v) is 8.06. The van der Waals surface area contributed by atoms with E-state index in [0.29, 0.717) is 40.8 Å². The van der Waals surface area contributed by atoms with Gasteiger partial charge in [0.1, 0.15) is 29.8 Å². The third-order valence-electron chi connectivity index (χ3n) is 5.00. The van der Waals surface area contributed by atoms with Gasteiger partial charge in [-0.1, -0.05) is 0 Å². The second-order valence-electron chi connectivity index (χ2n) is 6.36. The van der Waals surface area contributed by atoms with E-state index < -0.39 is 5.92 Å². The number of benzene rings is 2. The number of hydrogen-bond donors (Lipinski definition) is 0. The fourth-order valence-electron chi connectivity index (χ4n) is 3.80. The van der Waals surface area contributed by atoms with Crippen LogP contribution in [-0.4, -0.2) is 25.3 Å². The molecule has 0 spiro atoms. The Morgan fingerprint density at radius 3 is 2.72 bits per heavy atom. The lowest BCUT2D eigenvalue weighted by Gasteiger charge is -2.36. The SMILES string of the molecule is O=C1c2cc3ccoc3cc2O[C@H]2COc3cc4c(cc3[C@@H]12)OCO4. The molecular weight excluding hydrogens is 324 g/mol. The minimum Gasteiger partial charge on any atom is -0.489 e. The predicted molar refractivity (Wildman–Crippen MR) is 85.8 cm³/mol. The number of Topliss-reactive ketones (excluding diaryl/α,β-unsaturated/α-hetero) is 1. The third kappa shape index (κ3) is 1.71. The maximum absolute atomic E-state index is 13.2. The molecule has 0 fully saturated rings. The molecule has 6 rings (SSSR count). The van der Waals surface area contributed by atoms with Gasteiger partial charge in [0.25, 0.3) is 0 Å². The zero-order chi connectivity index (χ0) is 16.5. The highest BCUT2D eigenvalue weighted by Crippen LogP contribution is 2.48. The van der Waals surface area contributed by atoms with E-state index in [2.05, 4.69) is 0 Å². The predicted octanol–water partition coefficient (Wildman–Crippen LogP) is 3.28. The van der Waals surface area contributed by atoms with Crippen LogP contribution < -0.4 is 18.9 Å². The van der Waals surface area contributed by atoms with Crippen LogP contribution in [0.25, 0.3) is 11.0 Å². The molecule has 25 heavy (non-hydrogen) atoms. The molecule has 6 nitrogen and oxygen atoms in total. The average Bonchev–Trinajstić information content (AvgIpc) is 3.26. The quantitative estimate of drug-likeness (QED) is 0.628. The first-order valence-electron chi connectivity index (χ1n) is 8.06.